The molecule has 2 bridgehead atoms. The van der Waals surface area contributed by atoms with Gasteiger partial charge in [0.25, 0.3) is 0 Å². The molecule has 0 amide bonds. The molecule has 3 fully saturated rings. The maximum atomic E-state index is 17.4. The Hall–Kier alpha value is -3.71. The summed E-state index contributed by atoms with van der Waals surface area (Å²) in [5.74, 6) is -0.775. The Morgan fingerprint density at radius 2 is 1.90 bits per heavy atom. The molecule has 8 rings (SSSR count). The van der Waals surface area contributed by atoms with Crippen molar-refractivity contribution in [3.63, 3.8) is 0 Å². The summed E-state index contributed by atoms with van der Waals surface area (Å²) < 4.78 is 51.8. The van der Waals surface area contributed by atoms with E-state index in [2.05, 4.69) is 25.8 Å². The summed E-state index contributed by atoms with van der Waals surface area (Å²) in [6.45, 7) is 4.95. The highest BCUT2D eigenvalue weighted by atomic mass is 32.1. The van der Waals surface area contributed by atoms with Gasteiger partial charge in [-0.05, 0) is 49.6 Å². The highest BCUT2D eigenvalue weighted by Gasteiger charge is 2.43. The van der Waals surface area contributed by atoms with E-state index in [-0.39, 0.29) is 83.2 Å². The van der Waals surface area contributed by atoms with Gasteiger partial charge < -0.3 is 30.0 Å². The molecule has 0 radical (unpaired) electrons. The predicted molar refractivity (Wildman–Crippen MR) is 178 cm³/mol. The van der Waals surface area contributed by atoms with E-state index in [4.69, 9.17) is 24.9 Å². The average molecular weight is 678 g/mol. The molecule has 252 valence electrons. The molecular weight excluding hydrogens is 640 g/mol. The third-order valence-electron chi connectivity index (χ3n) is 10.3. The second-order valence-electron chi connectivity index (χ2n) is 13.1. The third kappa shape index (κ3) is 5.15. The number of aliphatic hydroxyl groups is 1. The summed E-state index contributed by atoms with van der Waals surface area (Å²) in [5, 5.41) is 20.5. The summed E-state index contributed by atoms with van der Waals surface area (Å²) >= 11 is 1.17. The number of likely N-dealkylation sites (N-methyl/N-ethyl adjacent to an activating group) is 1. The number of benzene rings is 2. The molecule has 4 aliphatic heterocycles. The highest BCUT2D eigenvalue weighted by molar-refractivity contribution is 7.23. The summed E-state index contributed by atoms with van der Waals surface area (Å²) in [7, 11) is 2.01. The number of nitrogens with two attached hydrogens (primary N) is 1. The first-order chi connectivity index (χ1) is 23.4. The van der Waals surface area contributed by atoms with Crippen LogP contribution in [-0.2, 0) is 22.7 Å². The van der Waals surface area contributed by atoms with Gasteiger partial charge in [0.1, 0.15) is 34.8 Å². The van der Waals surface area contributed by atoms with Crippen LogP contribution in [-0.4, -0.2) is 103 Å². The molecule has 3 atom stereocenters. The van der Waals surface area contributed by atoms with Crippen LogP contribution in [0.1, 0.15) is 36.0 Å². The van der Waals surface area contributed by atoms with Crippen LogP contribution in [0.15, 0.2) is 12.1 Å². The number of morpholine rings is 1. The second kappa shape index (κ2) is 12.6. The van der Waals surface area contributed by atoms with Crippen LogP contribution in [0.3, 0.4) is 0 Å². The minimum atomic E-state index is -0.713. The second-order valence-corrected chi connectivity index (χ2v) is 14.2. The van der Waals surface area contributed by atoms with E-state index < -0.39 is 11.6 Å². The number of aliphatic hydroxyl groups excluding tert-OH is 1. The number of nitriles is 1. The fraction of sp³-hybridized carbons (Fsp3) is 0.500. The molecule has 0 saturated carbocycles. The van der Waals surface area contributed by atoms with E-state index in [0.717, 1.165) is 39.0 Å². The molecule has 6 heterocycles. The average Bonchev–Trinajstić information content (AvgIpc) is 3.77. The quantitative estimate of drug-likeness (QED) is 0.280. The van der Waals surface area contributed by atoms with Crippen molar-refractivity contribution < 1.29 is 28.1 Å². The summed E-state index contributed by atoms with van der Waals surface area (Å²) in [5.41, 5.74) is 7.58. The number of thiophene rings is 1. The van der Waals surface area contributed by atoms with Gasteiger partial charge in [-0.25, -0.2) is 8.78 Å². The number of likely N-dealkylation sites (tertiary alicyclic amines) is 1. The fourth-order valence-corrected chi connectivity index (χ4v) is 8.87. The van der Waals surface area contributed by atoms with Gasteiger partial charge >= 0.3 is 6.01 Å². The van der Waals surface area contributed by atoms with E-state index >= 15 is 8.78 Å². The summed E-state index contributed by atoms with van der Waals surface area (Å²) in [6.07, 6.45) is 2.61. The van der Waals surface area contributed by atoms with Crippen molar-refractivity contribution in [1.82, 2.24) is 19.8 Å². The number of nitrogen functional groups attached to an aromatic ring is 1. The molecule has 3 saturated heterocycles. The van der Waals surface area contributed by atoms with E-state index in [1.165, 1.54) is 17.4 Å². The molecule has 48 heavy (non-hydrogen) atoms. The van der Waals surface area contributed by atoms with Gasteiger partial charge in [-0.2, -0.15) is 15.2 Å². The lowest BCUT2D eigenvalue weighted by atomic mass is 9.90. The van der Waals surface area contributed by atoms with Gasteiger partial charge in [0.2, 0.25) is 0 Å². The van der Waals surface area contributed by atoms with E-state index in [0.29, 0.717) is 46.7 Å². The molecular formula is C34H37F2N7O4S. The predicted octanol–water partition coefficient (Wildman–Crippen LogP) is 4.02. The lowest BCUT2D eigenvalue weighted by molar-refractivity contribution is -0.0119. The van der Waals surface area contributed by atoms with Crippen molar-refractivity contribution in [2.75, 3.05) is 70.3 Å². The van der Waals surface area contributed by atoms with Crippen LogP contribution >= 0.6 is 11.3 Å². The van der Waals surface area contributed by atoms with Crippen molar-refractivity contribution in [2.45, 2.75) is 50.6 Å². The number of nitrogens with zero attached hydrogens (tertiary/aromatic N) is 6. The minimum absolute atomic E-state index is 0.0145. The van der Waals surface area contributed by atoms with Crippen molar-refractivity contribution in [3.8, 4) is 23.2 Å². The molecule has 2 aromatic carbocycles. The first kappa shape index (κ1) is 31.6. The molecule has 0 aliphatic carbocycles. The number of piperazine rings is 1. The lowest BCUT2D eigenvalue weighted by Crippen LogP contribution is -2.54. The Labute approximate surface area is 280 Å². The third-order valence-corrected chi connectivity index (χ3v) is 11.3. The number of aromatic nitrogens is 2. The maximum absolute atomic E-state index is 17.4. The Bertz CT molecular complexity index is 1940. The zero-order chi connectivity index (χ0) is 33.1. The topological polar surface area (TPSA) is 133 Å². The number of halogens is 2. The standard InChI is InChI=1S/C34H37F2N7O4S/c1-41-8-10-45-14-20(41)15-47-34-39-31-28(33(40-34)43-18-3-4-19(43)13-42(12-18)7-2-9-44)23-17-46-16-22(23)27(30(31)36)29-24(35)5-6-25-26(29)21(11-37)32(38)48-25/h5-6,18-20,44H,2-4,7-10,12-17,38H2,1H3/t18?,19?,20-/m0/s1. The Morgan fingerprint density at radius 3 is 2.65 bits per heavy atom. The fourth-order valence-electron chi connectivity index (χ4n) is 7.94. The summed E-state index contributed by atoms with van der Waals surface area (Å²) in [4.78, 5) is 16.5. The normalized spacial score (nSPS) is 22.9. The van der Waals surface area contributed by atoms with Crippen LogP contribution in [0.2, 0.25) is 0 Å². The molecule has 3 N–H and O–H groups in total. The first-order valence-corrected chi connectivity index (χ1v) is 17.3. The van der Waals surface area contributed by atoms with Crippen LogP contribution < -0.4 is 15.4 Å². The van der Waals surface area contributed by atoms with Crippen molar-refractivity contribution in [3.05, 3.63) is 40.5 Å². The van der Waals surface area contributed by atoms with E-state index in [9.17, 15) is 10.4 Å². The van der Waals surface area contributed by atoms with Crippen molar-refractivity contribution in [2.24, 2.45) is 0 Å². The van der Waals surface area contributed by atoms with Crippen molar-refractivity contribution >= 4 is 43.1 Å². The van der Waals surface area contributed by atoms with Crippen LogP contribution in [0.5, 0.6) is 6.01 Å². The number of rotatable bonds is 8. The van der Waals surface area contributed by atoms with Crippen molar-refractivity contribution in [1.29, 1.82) is 5.26 Å². The Balaban J connectivity index is 1.33. The van der Waals surface area contributed by atoms with Crippen LogP contribution in [0, 0.1) is 23.0 Å². The number of fused-ring (bicyclic) bond motifs is 6. The number of hydrogen-bond acceptors (Lipinski definition) is 12. The first-order valence-electron chi connectivity index (χ1n) is 16.4. The molecule has 0 spiro atoms. The minimum Gasteiger partial charge on any atom is -0.462 e. The largest absolute Gasteiger partial charge is 0.462 e. The molecule has 11 nitrogen and oxygen atoms in total. The summed E-state index contributed by atoms with van der Waals surface area (Å²) in [6, 6.07) is 5.24. The molecule has 4 aliphatic rings. The van der Waals surface area contributed by atoms with Gasteiger partial charge in [-0.1, -0.05) is 0 Å². The molecule has 4 aromatic rings. The highest BCUT2D eigenvalue weighted by Crippen LogP contribution is 2.49. The van der Waals surface area contributed by atoms with Gasteiger partial charge in [0.05, 0.1) is 43.4 Å². The maximum Gasteiger partial charge on any atom is 0.319 e. The SMILES string of the molecule is CN1CCOC[C@H]1COc1nc(N2C3CCC2CN(CCCO)C3)c2c3c(c(-c4c(F)ccc5sc(N)c(C#N)c45)c(F)c2n1)COC3. The zero-order valence-corrected chi connectivity index (χ0v) is 27.5. The van der Waals surface area contributed by atoms with Crippen LogP contribution in [0.25, 0.3) is 32.1 Å². The van der Waals surface area contributed by atoms with E-state index in [1.54, 1.807) is 6.07 Å². The molecule has 2 aromatic heterocycles. The Morgan fingerprint density at radius 1 is 1.10 bits per heavy atom. The number of ether oxygens (including phenoxy) is 3. The van der Waals surface area contributed by atoms with Gasteiger partial charge in [0, 0.05) is 66.1 Å². The Kier molecular flexibility index (Phi) is 8.30. The number of hydrogen-bond donors (Lipinski definition) is 2. The lowest BCUT2D eigenvalue weighted by Gasteiger charge is -2.42. The molecule has 2 unspecified atom stereocenters. The smallest absolute Gasteiger partial charge is 0.319 e. The number of anilines is 2. The van der Waals surface area contributed by atoms with Gasteiger partial charge in [-0.15, -0.1) is 11.3 Å². The molecule has 14 heteroatoms. The zero-order valence-electron chi connectivity index (χ0n) is 26.7. The van der Waals surface area contributed by atoms with Gasteiger partial charge in [-0.3, -0.25) is 9.80 Å². The monoisotopic (exact) mass is 677 g/mol. The van der Waals surface area contributed by atoms with Gasteiger partial charge in [0.15, 0.2) is 5.82 Å². The van der Waals surface area contributed by atoms with E-state index in [1.807, 2.05) is 7.05 Å². The van der Waals surface area contributed by atoms with Crippen LogP contribution in [0.4, 0.5) is 19.6 Å².